The van der Waals surface area contributed by atoms with Crippen LogP contribution in [0.15, 0.2) is 41.0 Å². The van der Waals surface area contributed by atoms with Gasteiger partial charge < -0.3 is 23.9 Å². The molecule has 1 amide bonds. The molecule has 0 aliphatic carbocycles. The number of esters is 1. The van der Waals surface area contributed by atoms with Crippen LogP contribution in [-0.2, 0) is 16.1 Å². The van der Waals surface area contributed by atoms with E-state index in [1.54, 1.807) is 19.2 Å². The Hall–Kier alpha value is -2.96. The summed E-state index contributed by atoms with van der Waals surface area (Å²) in [5.74, 6) is -0.410. The van der Waals surface area contributed by atoms with Crippen LogP contribution in [0.5, 0.6) is 11.5 Å². The van der Waals surface area contributed by atoms with E-state index in [1.165, 1.54) is 36.5 Å². The van der Waals surface area contributed by atoms with Crippen LogP contribution in [0.2, 0.25) is 0 Å². The summed E-state index contributed by atoms with van der Waals surface area (Å²) in [6.45, 7) is -0.154. The average molecular weight is 319 g/mol. The van der Waals surface area contributed by atoms with Gasteiger partial charge in [0.1, 0.15) is 22.8 Å². The Morgan fingerprint density at radius 1 is 1.30 bits per heavy atom. The molecule has 7 nitrogen and oxygen atoms in total. The van der Waals surface area contributed by atoms with Gasteiger partial charge in [-0.15, -0.1) is 0 Å². The summed E-state index contributed by atoms with van der Waals surface area (Å²) in [5.41, 5.74) is -0.0349. The third-order valence-electron chi connectivity index (χ3n) is 3.15. The molecular formula is C16H17NO6. The molecule has 0 saturated heterocycles. The van der Waals surface area contributed by atoms with Crippen LogP contribution in [0.25, 0.3) is 0 Å². The van der Waals surface area contributed by atoms with Crippen molar-refractivity contribution < 1.29 is 28.6 Å². The first-order chi connectivity index (χ1) is 11.0. The molecule has 2 rings (SSSR count). The molecule has 0 radical (unpaired) electrons. The van der Waals surface area contributed by atoms with Gasteiger partial charge in [-0.2, -0.15) is 0 Å². The van der Waals surface area contributed by atoms with E-state index in [0.717, 1.165) is 0 Å². The van der Waals surface area contributed by atoms with Crippen molar-refractivity contribution in [3.63, 3.8) is 0 Å². The number of hydrogen-bond donors (Lipinski definition) is 1. The van der Waals surface area contributed by atoms with Crippen LogP contribution in [0.1, 0.15) is 16.1 Å². The summed E-state index contributed by atoms with van der Waals surface area (Å²) in [5, 5.41) is 9.75. The Bertz CT molecular complexity index is 680. The maximum Gasteiger partial charge on any atom is 0.342 e. The molecule has 7 heteroatoms. The maximum absolute atomic E-state index is 11.9. The predicted molar refractivity (Wildman–Crippen MR) is 80.1 cm³/mol. The van der Waals surface area contributed by atoms with Gasteiger partial charge in [0.05, 0.1) is 19.9 Å². The van der Waals surface area contributed by atoms with Crippen molar-refractivity contribution in [2.24, 2.45) is 0 Å². The second-order valence-corrected chi connectivity index (χ2v) is 4.79. The van der Waals surface area contributed by atoms with E-state index in [-0.39, 0.29) is 23.8 Å². The van der Waals surface area contributed by atoms with E-state index in [4.69, 9.17) is 13.9 Å². The van der Waals surface area contributed by atoms with Crippen LogP contribution < -0.4 is 4.74 Å². The van der Waals surface area contributed by atoms with E-state index in [0.29, 0.717) is 11.5 Å². The first kappa shape index (κ1) is 16.4. The number of likely N-dealkylation sites (N-methyl/N-ethyl adjacent to an activating group) is 1. The van der Waals surface area contributed by atoms with Crippen LogP contribution in [0.3, 0.4) is 0 Å². The summed E-state index contributed by atoms with van der Waals surface area (Å²) in [4.78, 5) is 25.2. The second kappa shape index (κ2) is 7.35. The fourth-order valence-electron chi connectivity index (χ4n) is 1.85. The number of phenolic OH excluding ortho intramolecular Hbond substituents is 1. The number of benzene rings is 1. The normalized spacial score (nSPS) is 10.2. The highest BCUT2D eigenvalue weighted by Gasteiger charge is 2.17. The number of nitrogens with zero attached hydrogens (tertiary/aromatic N) is 1. The minimum Gasteiger partial charge on any atom is -0.507 e. The van der Waals surface area contributed by atoms with Crippen molar-refractivity contribution in [1.82, 2.24) is 4.90 Å². The van der Waals surface area contributed by atoms with Gasteiger partial charge in [-0.25, -0.2) is 4.79 Å². The second-order valence-electron chi connectivity index (χ2n) is 4.79. The molecule has 0 aliphatic heterocycles. The first-order valence-electron chi connectivity index (χ1n) is 6.81. The third kappa shape index (κ3) is 4.26. The molecule has 0 fully saturated rings. The summed E-state index contributed by atoms with van der Waals surface area (Å²) in [7, 11) is 3.02. The highest BCUT2D eigenvalue weighted by atomic mass is 16.5. The average Bonchev–Trinajstić information content (AvgIpc) is 3.04. The standard InChI is InChI=1S/C16H17NO6/c1-17(9-12-4-3-7-22-12)15(19)10-23-16(20)13-6-5-11(21-2)8-14(13)18/h3-8,18H,9-10H2,1-2H3. The molecule has 23 heavy (non-hydrogen) atoms. The highest BCUT2D eigenvalue weighted by Crippen LogP contribution is 2.23. The topological polar surface area (TPSA) is 89.2 Å². The van der Waals surface area contributed by atoms with Crippen LogP contribution in [-0.4, -0.2) is 42.6 Å². The number of carbonyl (C=O) groups excluding carboxylic acids is 2. The molecule has 0 atom stereocenters. The highest BCUT2D eigenvalue weighted by molar-refractivity contribution is 5.94. The van der Waals surface area contributed by atoms with E-state index in [1.807, 2.05) is 0 Å². The molecule has 0 saturated carbocycles. The Labute approximate surface area is 133 Å². The van der Waals surface area contributed by atoms with Gasteiger partial charge >= 0.3 is 5.97 Å². The molecule has 1 heterocycles. The van der Waals surface area contributed by atoms with E-state index in [2.05, 4.69) is 0 Å². The Morgan fingerprint density at radius 2 is 2.09 bits per heavy atom. The van der Waals surface area contributed by atoms with Crippen molar-refractivity contribution >= 4 is 11.9 Å². The molecule has 1 aromatic carbocycles. The van der Waals surface area contributed by atoms with Crippen molar-refractivity contribution in [3.8, 4) is 11.5 Å². The quantitative estimate of drug-likeness (QED) is 0.817. The molecule has 0 spiro atoms. The number of aromatic hydroxyl groups is 1. The number of rotatable bonds is 6. The zero-order valence-corrected chi connectivity index (χ0v) is 12.8. The molecule has 0 aliphatic rings. The van der Waals surface area contributed by atoms with Gasteiger partial charge in [0, 0.05) is 13.1 Å². The minimum atomic E-state index is -0.787. The third-order valence-corrected chi connectivity index (χ3v) is 3.15. The lowest BCUT2D eigenvalue weighted by atomic mass is 10.2. The van der Waals surface area contributed by atoms with E-state index < -0.39 is 12.6 Å². The lowest BCUT2D eigenvalue weighted by Gasteiger charge is -2.15. The van der Waals surface area contributed by atoms with E-state index >= 15 is 0 Å². The number of methoxy groups -OCH3 is 1. The zero-order chi connectivity index (χ0) is 16.8. The maximum atomic E-state index is 11.9. The molecule has 1 N–H and O–H groups in total. The number of furan rings is 1. The van der Waals surface area contributed by atoms with Crippen molar-refractivity contribution in [1.29, 1.82) is 0 Å². The summed E-state index contributed by atoms with van der Waals surface area (Å²) >= 11 is 0. The Balaban J connectivity index is 1.89. The molecule has 122 valence electrons. The van der Waals surface area contributed by atoms with Crippen molar-refractivity contribution in [2.75, 3.05) is 20.8 Å². The van der Waals surface area contributed by atoms with Gasteiger partial charge in [0.15, 0.2) is 6.61 Å². The predicted octanol–water partition coefficient (Wildman–Crippen LogP) is 1.81. The molecule has 1 aromatic heterocycles. The van der Waals surface area contributed by atoms with Crippen LogP contribution in [0, 0.1) is 0 Å². The molecule has 0 bridgehead atoms. The monoisotopic (exact) mass is 319 g/mol. The van der Waals surface area contributed by atoms with Crippen LogP contribution >= 0.6 is 0 Å². The van der Waals surface area contributed by atoms with Gasteiger partial charge in [0.2, 0.25) is 0 Å². The minimum absolute atomic E-state index is 0.0349. The number of amides is 1. The van der Waals surface area contributed by atoms with Gasteiger partial charge in [-0.05, 0) is 24.3 Å². The van der Waals surface area contributed by atoms with Gasteiger partial charge in [-0.1, -0.05) is 0 Å². The molecule has 0 unspecified atom stereocenters. The fraction of sp³-hybridized carbons (Fsp3) is 0.250. The first-order valence-corrected chi connectivity index (χ1v) is 6.81. The van der Waals surface area contributed by atoms with Gasteiger partial charge in [-0.3, -0.25) is 4.79 Å². The summed E-state index contributed by atoms with van der Waals surface area (Å²) < 4.78 is 15.0. The Morgan fingerprint density at radius 3 is 2.70 bits per heavy atom. The molecular weight excluding hydrogens is 302 g/mol. The van der Waals surface area contributed by atoms with Gasteiger partial charge in [0.25, 0.3) is 5.91 Å². The lowest BCUT2D eigenvalue weighted by molar-refractivity contribution is -0.134. The SMILES string of the molecule is COc1ccc(C(=O)OCC(=O)N(C)Cc2ccco2)c(O)c1. The van der Waals surface area contributed by atoms with E-state index in [9.17, 15) is 14.7 Å². The zero-order valence-electron chi connectivity index (χ0n) is 12.8. The fourth-order valence-corrected chi connectivity index (χ4v) is 1.85. The number of phenols is 1. The number of carbonyl (C=O) groups is 2. The van der Waals surface area contributed by atoms with Crippen LogP contribution in [0.4, 0.5) is 0 Å². The smallest absolute Gasteiger partial charge is 0.342 e. The largest absolute Gasteiger partial charge is 0.507 e. The summed E-state index contributed by atoms with van der Waals surface area (Å²) in [6, 6.07) is 7.64. The number of ether oxygens (including phenoxy) is 2. The summed E-state index contributed by atoms with van der Waals surface area (Å²) in [6.07, 6.45) is 1.51. The van der Waals surface area contributed by atoms with Crippen molar-refractivity contribution in [3.05, 3.63) is 47.9 Å². The Kier molecular flexibility index (Phi) is 5.24. The number of hydrogen-bond acceptors (Lipinski definition) is 6. The molecule has 2 aromatic rings. The van der Waals surface area contributed by atoms with Crippen molar-refractivity contribution in [2.45, 2.75) is 6.54 Å². The lowest BCUT2D eigenvalue weighted by Crippen LogP contribution is -2.30.